The average Bonchev–Trinajstić information content (AvgIpc) is 2.82. The first-order valence-corrected chi connectivity index (χ1v) is 6.81. The molecule has 0 aliphatic carbocycles. The maximum absolute atomic E-state index is 11.9. The average molecular weight is 267 g/mol. The summed E-state index contributed by atoms with van der Waals surface area (Å²) in [5.74, 6) is 0.108. The monoisotopic (exact) mass is 266 g/mol. The molecule has 18 heavy (non-hydrogen) atoms. The Balaban J connectivity index is 1.84. The predicted octanol–water partition coefficient (Wildman–Crippen LogP) is 2.66. The van der Waals surface area contributed by atoms with Gasteiger partial charge in [-0.3, -0.25) is 4.79 Å². The third-order valence-corrected chi connectivity index (χ3v) is 3.59. The molecule has 1 aromatic rings. The molecule has 2 N–H and O–H groups in total. The highest BCUT2D eigenvalue weighted by Gasteiger charge is 2.18. The van der Waals surface area contributed by atoms with Crippen LogP contribution in [-0.4, -0.2) is 18.5 Å². The maximum atomic E-state index is 11.9. The van der Waals surface area contributed by atoms with Crippen LogP contribution in [-0.2, 0) is 4.79 Å². The molecule has 0 bridgehead atoms. The number of halogens is 1. The smallest absolute Gasteiger partial charge is 0.222 e. The minimum Gasteiger partial charge on any atom is -0.350 e. The van der Waals surface area contributed by atoms with Gasteiger partial charge in [0.25, 0.3) is 0 Å². The quantitative estimate of drug-likeness (QED) is 0.880. The lowest BCUT2D eigenvalue weighted by atomic mass is 10.1. The van der Waals surface area contributed by atoms with Crippen molar-refractivity contribution in [2.24, 2.45) is 0 Å². The number of benzene rings is 1. The van der Waals surface area contributed by atoms with Crippen molar-refractivity contribution in [1.29, 1.82) is 0 Å². The molecule has 0 radical (unpaired) electrons. The van der Waals surface area contributed by atoms with Crippen molar-refractivity contribution in [3.8, 4) is 0 Å². The topological polar surface area (TPSA) is 41.1 Å². The highest BCUT2D eigenvalue weighted by Crippen LogP contribution is 2.16. The van der Waals surface area contributed by atoms with E-state index in [2.05, 4.69) is 10.6 Å². The van der Waals surface area contributed by atoms with E-state index >= 15 is 0 Å². The van der Waals surface area contributed by atoms with Crippen LogP contribution in [0.2, 0.25) is 5.02 Å². The van der Waals surface area contributed by atoms with Crippen LogP contribution in [0.15, 0.2) is 24.3 Å². The molecular formula is C14H19ClN2O. The summed E-state index contributed by atoms with van der Waals surface area (Å²) in [7, 11) is 0. The van der Waals surface area contributed by atoms with E-state index in [1.807, 2.05) is 31.2 Å². The van der Waals surface area contributed by atoms with Crippen LogP contribution in [0.4, 0.5) is 0 Å². The van der Waals surface area contributed by atoms with Gasteiger partial charge in [0.15, 0.2) is 0 Å². The number of nitrogens with one attached hydrogen (secondary N) is 2. The molecule has 0 spiro atoms. The van der Waals surface area contributed by atoms with Gasteiger partial charge in [0, 0.05) is 17.5 Å². The SMILES string of the molecule is C[C@@H](NC(=O)CC1CCCN1)c1ccc(Cl)cc1. The van der Waals surface area contributed by atoms with Crippen LogP contribution in [0.25, 0.3) is 0 Å². The molecule has 4 heteroatoms. The fraction of sp³-hybridized carbons (Fsp3) is 0.500. The van der Waals surface area contributed by atoms with E-state index in [4.69, 9.17) is 11.6 Å². The van der Waals surface area contributed by atoms with Crippen LogP contribution in [0.5, 0.6) is 0 Å². The molecular weight excluding hydrogens is 248 g/mol. The molecule has 1 fully saturated rings. The lowest BCUT2D eigenvalue weighted by Crippen LogP contribution is -2.33. The van der Waals surface area contributed by atoms with E-state index in [-0.39, 0.29) is 11.9 Å². The Labute approximate surface area is 113 Å². The Morgan fingerprint density at radius 3 is 2.83 bits per heavy atom. The van der Waals surface area contributed by atoms with Crippen molar-refractivity contribution in [2.45, 2.75) is 38.3 Å². The molecule has 0 saturated carbocycles. The van der Waals surface area contributed by atoms with Gasteiger partial charge < -0.3 is 10.6 Å². The van der Waals surface area contributed by atoms with Crippen molar-refractivity contribution in [2.75, 3.05) is 6.54 Å². The molecule has 1 saturated heterocycles. The second kappa shape index (κ2) is 6.21. The highest BCUT2D eigenvalue weighted by molar-refractivity contribution is 6.30. The number of hydrogen-bond acceptors (Lipinski definition) is 2. The Hall–Kier alpha value is -1.06. The van der Waals surface area contributed by atoms with Crippen molar-refractivity contribution in [3.05, 3.63) is 34.9 Å². The summed E-state index contributed by atoms with van der Waals surface area (Å²) >= 11 is 5.84. The maximum Gasteiger partial charge on any atom is 0.222 e. The van der Waals surface area contributed by atoms with Gasteiger partial charge in [0.2, 0.25) is 5.91 Å². The summed E-state index contributed by atoms with van der Waals surface area (Å²) in [6.07, 6.45) is 2.84. The van der Waals surface area contributed by atoms with E-state index in [9.17, 15) is 4.79 Å². The number of hydrogen-bond donors (Lipinski definition) is 2. The second-order valence-corrected chi connectivity index (χ2v) is 5.27. The predicted molar refractivity (Wildman–Crippen MR) is 73.7 cm³/mol. The summed E-state index contributed by atoms with van der Waals surface area (Å²) in [5, 5.41) is 7.07. The Bertz CT molecular complexity index is 399. The molecule has 1 aliphatic rings. The van der Waals surface area contributed by atoms with E-state index in [0.29, 0.717) is 17.5 Å². The van der Waals surface area contributed by atoms with Crippen LogP contribution in [0, 0.1) is 0 Å². The largest absolute Gasteiger partial charge is 0.350 e. The van der Waals surface area contributed by atoms with Gasteiger partial charge >= 0.3 is 0 Å². The van der Waals surface area contributed by atoms with Crippen molar-refractivity contribution >= 4 is 17.5 Å². The minimum absolute atomic E-state index is 0.0242. The van der Waals surface area contributed by atoms with Crippen LogP contribution >= 0.6 is 11.6 Å². The van der Waals surface area contributed by atoms with E-state index in [1.54, 1.807) is 0 Å². The van der Waals surface area contributed by atoms with Gasteiger partial charge in [0.05, 0.1) is 6.04 Å². The van der Waals surface area contributed by atoms with E-state index in [0.717, 1.165) is 18.5 Å². The third kappa shape index (κ3) is 3.72. The lowest BCUT2D eigenvalue weighted by molar-refractivity contribution is -0.122. The second-order valence-electron chi connectivity index (χ2n) is 4.84. The van der Waals surface area contributed by atoms with Gasteiger partial charge in [-0.05, 0) is 44.0 Å². The van der Waals surface area contributed by atoms with Crippen molar-refractivity contribution in [1.82, 2.24) is 10.6 Å². The van der Waals surface area contributed by atoms with Crippen molar-refractivity contribution in [3.63, 3.8) is 0 Å². The van der Waals surface area contributed by atoms with Crippen LogP contribution in [0.1, 0.15) is 37.8 Å². The zero-order valence-electron chi connectivity index (χ0n) is 10.6. The first kappa shape index (κ1) is 13.4. The molecule has 2 rings (SSSR count). The first-order valence-electron chi connectivity index (χ1n) is 6.43. The third-order valence-electron chi connectivity index (χ3n) is 3.34. The van der Waals surface area contributed by atoms with Gasteiger partial charge in [-0.2, -0.15) is 0 Å². The fourth-order valence-electron chi connectivity index (χ4n) is 2.29. The van der Waals surface area contributed by atoms with Crippen LogP contribution < -0.4 is 10.6 Å². The molecule has 1 unspecified atom stereocenters. The molecule has 98 valence electrons. The number of carbonyl (C=O) groups is 1. The summed E-state index contributed by atoms with van der Waals surface area (Å²) in [6, 6.07) is 7.96. The Morgan fingerprint density at radius 2 is 2.22 bits per heavy atom. The lowest BCUT2D eigenvalue weighted by Gasteiger charge is -2.16. The Morgan fingerprint density at radius 1 is 1.50 bits per heavy atom. The zero-order valence-corrected chi connectivity index (χ0v) is 11.3. The van der Waals surface area contributed by atoms with Gasteiger partial charge in [0.1, 0.15) is 0 Å². The van der Waals surface area contributed by atoms with Gasteiger partial charge in [-0.15, -0.1) is 0 Å². The summed E-state index contributed by atoms with van der Waals surface area (Å²) in [5.41, 5.74) is 1.08. The van der Waals surface area contributed by atoms with E-state index in [1.165, 1.54) is 6.42 Å². The summed E-state index contributed by atoms with van der Waals surface area (Å²) in [4.78, 5) is 11.9. The fourth-order valence-corrected chi connectivity index (χ4v) is 2.42. The zero-order chi connectivity index (χ0) is 13.0. The molecule has 1 aliphatic heterocycles. The molecule has 1 aromatic carbocycles. The van der Waals surface area contributed by atoms with Gasteiger partial charge in [-0.25, -0.2) is 0 Å². The summed E-state index contributed by atoms with van der Waals surface area (Å²) in [6.45, 7) is 3.02. The number of rotatable bonds is 4. The minimum atomic E-state index is 0.0242. The number of amides is 1. The van der Waals surface area contributed by atoms with E-state index < -0.39 is 0 Å². The molecule has 0 aromatic heterocycles. The van der Waals surface area contributed by atoms with Crippen LogP contribution in [0.3, 0.4) is 0 Å². The number of carbonyl (C=O) groups excluding carboxylic acids is 1. The molecule has 1 amide bonds. The molecule has 2 atom stereocenters. The Kier molecular flexibility index (Phi) is 4.61. The molecule has 1 heterocycles. The standard InChI is InChI=1S/C14H19ClN2O/c1-10(11-4-6-12(15)7-5-11)17-14(18)9-13-3-2-8-16-13/h4-7,10,13,16H,2-3,8-9H2,1H3,(H,17,18)/t10-,13?/m1/s1. The van der Waals surface area contributed by atoms with Gasteiger partial charge in [-0.1, -0.05) is 23.7 Å². The van der Waals surface area contributed by atoms with Crippen molar-refractivity contribution < 1.29 is 4.79 Å². The summed E-state index contributed by atoms with van der Waals surface area (Å²) < 4.78 is 0. The molecule has 3 nitrogen and oxygen atoms in total. The highest BCUT2D eigenvalue weighted by atomic mass is 35.5. The normalized spacial score (nSPS) is 20.7. The first-order chi connectivity index (χ1) is 8.65.